The van der Waals surface area contributed by atoms with Crippen LogP contribution in [0.3, 0.4) is 0 Å². The molecular formula is C16H28N4O2S. The summed E-state index contributed by atoms with van der Waals surface area (Å²) in [7, 11) is -3.59. The van der Waals surface area contributed by atoms with E-state index in [1.165, 1.54) is 4.41 Å². The molecule has 7 heteroatoms. The first kappa shape index (κ1) is 18.4. The summed E-state index contributed by atoms with van der Waals surface area (Å²) in [6, 6.07) is 9.01. The normalized spacial score (nSPS) is 19.5. The van der Waals surface area contributed by atoms with Gasteiger partial charge in [-0.3, -0.25) is 0 Å². The van der Waals surface area contributed by atoms with Crippen molar-refractivity contribution in [2.24, 2.45) is 0 Å². The van der Waals surface area contributed by atoms with Crippen LogP contribution in [0.1, 0.15) is 41.5 Å². The first-order chi connectivity index (χ1) is 10.7. The van der Waals surface area contributed by atoms with Crippen molar-refractivity contribution in [1.82, 2.24) is 19.7 Å². The van der Waals surface area contributed by atoms with Gasteiger partial charge in [0, 0.05) is 18.1 Å². The lowest BCUT2D eigenvalue weighted by Gasteiger charge is -2.40. The van der Waals surface area contributed by atoms with Crippen LogP contribution in [0.4, 0.5) is 0 Å². The molecule has 0 spiro atoms. The third kappa shape index (κ3) is 3.44. The summed E-state index contributed by atoms with van der Waals surface area (Å²) < 4.78 is 27.7. The highest BCUT2D eigenvalue weighted by Gasteiger charge is 2.46. The van der Waals surface area contributed by atoms with Crippen LogP contribution in [-0.2, 0) is 10.0 Å². The summed E-state index contributed by atoms with van der Waals surface area (Å²) in [5.74, 6) is 0. The Morgan fingerprint density at radius 2 is 1.35 bits per heavy atom. The fraction of sp³-hybridized carbons (Fsp3) is 0.625. The average molecular weight is 340 g/mol. The smallest absolute Gasteiger partial charge is 0.207 e. The zero-order chi connectivity index (χ0) is 17.4. The minimum Gasteiger partial charge on any atom is -0.207 e. The van der Waals surface area contributed by atoms with Gasteiger partial charge in [-0.05, 0) is 53.7 Å². The van der Waals surface area contributed by atoms with Gasteiger partial charge >= 0.3 is 0 Å². The maximum Gasteiger partial charge on any atom is 0.258 e. The highest BCUT2D eigenvalue weighted by molar-refractivity contribution is 7.89. The molecule has 2 rings (SSSR count). The predicted octanol–water partition coefficient (Wildman–Crippen LogP) is 2.52. The van der Waals surface area contributed by atoms with E-state index in [4.69, 9.17) is 0 Å². The van der Waals surface area contributed by atoms with Crippen LogP contribution in [0.5, 0.6) is 0 Å². The molecule has 1 aliphatic heterocycles. The van der Waals surface area contributed by atoms with Crippen LogP contribution in [-0.4, -0.2) is 52.9 Å². The van der Waals surface area contributed by atoms with Crippen LogP contribution in [0, 0.1) is 0 Å². The number of rotatable bonds is 5. The number of hydrazine groups is 3. The summed E-state index contributed by atoms with van der Waals surface area (Å²) >= 11 is 0. The Balaban J connectivity index is 2.48. The molecular weight excluding hydrogens is 312 g/mol. The van der Waals surface area contributed by atoms with E-state index in [0.29, 0.717) is 11.6 Å². The summed E-state index contributed by atoms with van der Waals surface area (Å²) in [6.45, 7) is 12.6. The highest BCUT2D eigenvalue weighted by atomic mass is 32.2. The molecule has 0 radical (unpaired) electrons. The van der Waals surface area contributed by atoms with Gasteiger partial charge in [-0.25, -0.2) is 13.4 Å². The van der Waals surface area contributed by atoms with E-state index in [-0.39, 0.29) is 18.1 Å². The summed E-state index contributed by atoms with van der Waals surface area (Å²) in [6.07, 6.45) is 0. The zero-order valence-corrected chi connectivity index (χ0v) is 15.7. The highest BCUT2D eigenvalue weighted by Crippen LogP contribution is 2.30. The molecule has 0 aromatic heterocycles. The number of nitrogens with zero attached hydrogens (tertiary/aromatic N) is 4. The Morgan fingerprint density at radius 3 is 1.78 bits per heavy atom. The van der Waals surface area contributed by atoms with Crippen molar-refractivity contribution in [3.63, 3.8) is 0 Å². The fourth-order valence-electron chi connectivity index (χ4n) is 2.80. The molecule has 0 unspecified atom stereocenters. The number of hydrogen-bond donors (Lipinski definition) is 0. The number of benzene rings is 1. The topological polar surface area (TPSA) is 47.1 Å². The van der Waals surface area contributed by atoms with Crippen molar-refractivity contribution in [1.29, 1.82) is 0 Å². The monoisotopic (exact) mass is 340 g/mol. The van der Waals surface area contributed by atoms with Crippen LogP contribution in [0.15, 0.2) is 35.2 Å². The van der Waals surface area contributed by atoms with Crippen molar-refractivity contribution in [3.05, 3.63) is 30.3 Å². The fourth-order valence-corrected chi connectivity index (χ4v) is 4.30. The molecule has 0 N–H and O–H groups in total. The van der Waals surface area contributed by atoms with Crippen LogP contribution < -0.4 is 0 Å². The molecule has 1 aliphatic rings. The van der Waals surface area contributed by atoms with Crippen molar-refractivity contribution in [2.75, 3.05) is 6.67 Å². The Kier molecular flexibility index (Phi) is 5.48. The van der Waals surface area contributed by atoms with Crippen LogP contribution in [0.2, 0.25) is 0 Å². The van der Waals surface area contributed by atoms with E-state index >= 15 is 0 Å². The molecule has 0 amide bonds. The Bertz CT molecular complexity index is 616. The van der Waals surface area contributed by atoms with Crippen molar-refractivity contribution in [3.8, 4) is 0 Å². The van der Waals surface area contributed by atoms with Crippen LogP contribution >= 0.6 is 0 Å². The molecule has 1 heterocycles. The lowest BCUT2D eigenvalue weighted by Crippen LogP contribution is -2.55. The second kappa shape index (κ2) is 6.86. The van der Waals surface area contributed by atoms with E-state index in [9.17, 15) is 8.42 Å². The predicted molar refractivity (Wildman–Crippen MR) is 91.3 cm³/mol. The number of sulfonamides is 1. The quantitative estimate of drug-likeness (QED) is 0.824. The third-order valence-corrected chi connectivity index (χ3v) is 5.51. The van der Waals surface area contributed by atoms with Gasteiger partial charge in [-0.15, -0.1) is 9.53 Å². The van der Waals surface area contributed by atoms with Gasteiger partial charge in [0.25, 0.3) is 10.0 Å². The molecule has 0 bridgehead atoms. The third-order valence-electron chi connectivity index (χ3n) is 3.81. The van der Waals surface area contributed by atoms with Gasteiger partial charge in [0.1, 0.15) is 0 Å². The first-order valence-corrected chi connectivity index (χ1v) is 9.54. The van der Waals surface area contributed by atoms with E-state index in [1.807, 2.05) is 25.0 Å². The van der Waals surface area contributed by atoms with Gasteiger partial charge < -0.3 is 0 Å². The molecule has 1 aromatic rings. The first-order valence-electron chi connectivity index (χ1n) is 8.10. The SMILES string of the molecule is CC(C)N1CN(S(=O)(=O)c2ccccc2)N(C(C)C)N1C(C)C. The minimum absolute atomic E-state index is 0.0274. The molecule has 23 heavy (non-hydrogen) atoms. The summed E-state index contributed by atoms with van der Waals surface area (Å²) in [5.41, 5.74) is 0. The lowest BCUT2D eigenvalue weighted by molar-refractivity contribution is -0.203. The minimum atomic E-state index is -3.59. The Hall–Kier alpha value is -0.990. The lowest BCUT2D eigenvalue weighted by atomic mass is 10.3. The maximum absolute atomic E-state index is 13.1. The summed E-state index contributed by atoms with van der Waals surface area (Å²) in [5, 5.41) is 5.99. The zero-order valence-electron chi connectivity index (χ0n) is 14.8. The molecule has 0 atom stereocenters. The summed E-state index contributed by atoms with van der Waals surface area (Å²) in [4.78, 5) is 0.319. The molecule has 6 nitrogen and oxygen atoms in total. The average Bonchev–Trinajstić information content (AvgIpc) is 2.90. The second-order valence-electron chi connectivity index (χ2n) is 6.64. The molecule has 1 fully saturated rings. The van der Waals surface area contributed by atoms with Crippen molar-refractivity contribution in [2.45, 2.75) is 64.6 Å². The van der Waals surface area contributed by atoms with E-state index < -0.39 is 10.0 Å². The van der Waals surface area contributed by atoms with Crippen LogP contribution in [0.25, 0.3) is 0 Å². The largest absolute Gasteiger partial charge is 0.258 e. The second-order valence-corrected chi connectivity index (χ2v) is 8.49. The maximum atomic E-state index is 13.1. The van der Waals surface area contributed by atoms with Gasteiger partial charge in [0.2, 0.25) is 0 Å². The van der Waals surface area contributed by atoms with Gasteiger partial charge in [-0.1, -0.05) is 18.2 Å². The van der Waals surface area contributed by atoms with Gasteiger partial charge in [0.15, 0.2) is 0 Å². The molecule has 0 saturated carbocycles. The van der Waals surface area contributed by atoms with E-state index in [1.54, 1.807) is 24.3 Å². The molecule has 0 aliphatic carbocycles. The van der Waals surface area contributed by atoms with E-state index in [0.717, 1.165) is 0 Å². The molecule has 130 valence electrons. The molecule has 1 saturated heterocycles. The standard InChI is InChI=1S/C16H28N4O2S/c1-13(2)17-12-18(20(15(5)6)19(17)14(3)4)23(21,22)16-10-8-7-9-11-16/h7-11,13-15H,12H2,1-6H3. The Labute approximate surface area is 140 Å². The van der Waals surface area contributed by atoms with Crippen molar-refractivity contribution < 1.29 is 8.42 Å². The Morgan fingerprint density at radius 1 is 0.826 bits per heavy atom. The number of hydrogen-bond acceptors (Lipinski definition) is 5. The van der Waals surface area contributed by atoms with E-state index in [2.05, 4.69) is 37.8 Å². The van der Waals surface area contributed by atoms with Gasteiger partial charge in [-0.2, -0.15) is 5.12 Å². The molecule has 1 aromatic carbocycles. The van der Waals surface area contributed by atoms with Gasteiger partial charge in [0.05, 0.1) is 11.6 Å². The van der Waals surface area contributed by atoms with Crippen molar-refractivity contribution >= 4 is 10.0 Å².